The Kier molecular flexibility index (Phi) is 4.34. The van der Waals surface area contributed by atoms with Gasteiger partial charge in [-0.25, -0.2) is 8.78 Å². The first-order valence-electron chi connectivity index (χ1n) is 5.48. The molecule has 17 heavy (non-hydrogen) atoms. The molecule has 0 radical (unpaired) electrons. The summed E-state index contributed by atoms with van der Waals surface area (Å²) in [6.45, 7) is 5.56. The molecule has 0 aliphatic rings. The number of rotatable bonds is 5. The zero-order valence-corrected chi connectivity index (χ0v) is 10.2. The van der Waals surface area contributed by atoms with Gasteiger partial charge in [-0.15, -0.1) is 0 Å². The van der Waals surface area contributed by atoms with E-state index >= 15 is 0 Å². The van der Waals surface area contributed by atoms with Gasteiger partial charge in [-0.3, -0.25) is 4.79 Å². The van der Waals surface area contributed by atoms with Crippen molar-refractivity contribution in [1.82, 2.24) is 0 Å². The van der Waals surface area contributed by atoms with Crippen LogP contribution in [0.3, 0.4) is 0 Å². The van der Waals surface area contributed by atoms with Gasteiger partial charge < -0.3 is 4.74 Å². The average molecular weight is 242 g/mol. The van der Waals surface area contributed by atoms with E-state index in [2.05, 4.69) is 0 Å². The predicted molar refractivity (Wildman–Crippen MR) is 60.8 cm³/mol. The zero-order valence-electron chi connectivity index (χ0n) is 10.2. The Morgan fingerprint density at radius 2 is 1.94 bits per heavy atom. The van der Waals surface area contributed by atoms with Crippen LogP contribution in [0.25, 0.3) is 0 Å². The molecule has 0 saturated carbocycles. The highest BCUT2D eigenvalue weighted by atomic mass is 19.2. The van der Waals surface area contributed by atoms with E-state index in [1.807, 2.05) is 0 Å². The number of carbonyl (C=O) groups excluding carboxylic acids is 1. The summed E-state index contributed by atoms with van der Waals surface area (Å²) in [5.41, 5.74) is -0.457. The van der Waals surface area contributed by atoms with Crippen molar-refractivity contribution in [1.29, 1.82) is 0 Å². The van der Waals surface area contributed by atoms with Gasteiger partial charge in [-0.2, -0.15) is 0 Å². The summed E-state index contributed by atoms with van der Waals surface area (Å²) in [4.78, 5) is 11.9. The Balaban J connectivity index is 2.77. The lowest BCUT2D eigenvalue weighted by Gasteiger charge is -2.22. The van der Waals surface area contributed by atoms with Gasteiger partial charge in [0.05, 0.1) is 0 Å². The summed E-state index contributed by atoms with van der Waals surface area (Å²) in [6.07, 6.45) is 0.0319. The van der Waals surface area contributed by atoms with Crippen LogP contribution in [-0.4, -0.2) is 18.0 Å². The fourth-order valence-corrected chi connectivity index (χ4v) is 1.49. The lowest BCUT2D eigenvalue weighted by atomic mass is 9.97. The Hall–Kier alpha value is -1.29. The third-order valence-electron chi connectivity index (χ3n) is 2.53. The van der Waals surface area contributed by atoms with E-state index in [-0.39, 0.29) is 12.2 Å². The number of ether oxygens (including phenoxy) is 1. The first-order valence-corrected chi connectivity index (χ1v) is 5.48. The first kappa shape index (κ1) is 13.8. The number of Topliss-reactive ketones (excluding diaryl/α,β-unsaturated/α-hetero) is 1. The molecule has 0 amide bonds. The van der Waals surface area contributed by atoms with Crippen LogP contribution in [0, 0.1) is 11.6 Å². The molecule has 0 spiro atoms. The van der Waals surface area contributed by atoms with Crippen molar-refractivity contribution in [2.75, 3.05) is 6.61 Å². The first-order chi connectivity index (χ1) is 7.86. The minimum absolute atomic E-state index is 0.0319. The number of hydrogen-bond donors (Lipinski definition) is 0. The maximum Gasteiger partial charge on any atom is 0.168 e. The van der Waals surface area contributed by atoms with E-state index < -0.39 is 17.2 Å². The van der Waals surface area contributed by atoms with E-state index in [0.717, 1.165) is 12.1 Å². The van der Waals surface area contributed by atoms with Crippen molar-refractivity contribution >= 4 is 5.78 Å². The van der Waals surface area contributed by atoms with Gasteiger partial charge in [0.1, 0.15) is 5.60 Å². The largest absolute Gasteiger partial charge is 0.368 e. The summed E-state index contributed by atoms with van der Waals surface area (Å²) < 4.78 is 31.0. The van der Waals surface area contributed by atoms with Crippen LogP contribution in [0.2, 0.25) is 0 Å². The summed E-state index contributed by atoms with van der Waals surface area (Å²) in [5, 5.41) is 0. The average Bonchev–Trinajstić information content (AvgIpc) is 2.23. The molecule has 0 aliphatic carbocycles. The Bertz CT molecular complexity index is 414. The van der Waals surface area contributed by atoms with Crippen LogP contribution in [0.15, 0.2) is 18.2 Å². The zero-order chi connectivity index (χ0) is 13.1. The molecule has 0 aromatic heterocycles. The third-order valence-corrected chi connectivity index (χ3v) is 2.53. The molecule has 0 fully saturated rings. The molecule has 94 valence electrons. The van der Waals surface area contributed by atoms with Crippen molar-refractivity contribution in [3.8, 4) is 0 Å². The van der Waals surface area contributed by atoms with E-state index in [1.165, 1.54) is 6.07 Å². The molecule has 0 heterocycles. The number of benzene rings is 1. The van der Waals surface area contributed by atoms with Gasteiger partial charge in [0.25, 0.3) is 0 Å². The van der Waals surface area contributed by atoms with Gasteiger partial charge >= 0.3 is 0 Å². The lowest BCUT2D eigenvalue weighted by molar-refractivity contribution is -0.139. The second kappa shape index (κ2) is 5.36. The van der Waals surface area contributed by atoms with Crippen LogP contribution in [0.4, 0.5) is 8.78 Å². The van der Waals surface area contributed by atoms with Crippen LogP contribution < -0.4 is 0 Å². The van der Waals surface area contributed by atoms with Crippen LogP contribution >= 0.6 is 0 Å². The highest BCUT2D eigenvalue weighted by Gasteiger charge is 2.27. The fourth-order valence-electron chi connectivity index (χ4n) is 1.49. The lowest BCUT2D eigenvalue weighted by Crippen LogP contribution is -2.36. The summed E-state index contributed by atoms with van der Waals surface area (Å²) in [7, 11) is 0. The van der Waals surface area contributed by atoms with Crippen molar-refractivity contribution in [3.05, 3.63) is 35.4 Å². The molecular weight excluding hydrogens is 226 g/mol. The Morgan fingerprint density at radius 3 is 2.47 bits per heavy atom. The number of halogens is 2. The molecule has 1 aromatic rings. The van der Waals surface area contributed by atoms with Gasteiger partial charge in [-0.05, 0) is 38.5 Å². The maximum absolute atomic E-state index is 13.0. The Morgan fingerprint density at radius 1 is 1.29 bits per heavy atom. The normalized spacial score (nSPS) is 11.6. The molecule has 0 bridgehead atoms. The second-order valence-corrected chi connectivity index (χ2v) is 4.29. The van der Waals surface area contributed by atoms with Gasteiger partial charge in [0.15, 0.2) is 17.4 Å². The molecule has 0 unspecified atom stereocenters. The smallest absolute Gasteiger partial charge is 0.168 e. The molecule has 0 aliphatic heterocycles. The molecule has 2 nitrogen and oxygen atoms in total. The molecule has 1 rings (SSSR count). The van der Waals surface area contributed by atoms with Crippen LogP contribution in [0.1, 0.15) is 26.3 Å². The van der Waals surface area contributed by atoms with Crippen LogP contribution in [0.5, 0.6) is 0 Å². The van der Waals surface area contributed by atoms with Crippen LogP contribution in [-0.2, 0) is 16.0 Å². The quantitative estimate of drug-likeness (QED) is 0.793. The summed E-state index contributed by atoms with van der Waals surface area (Å²) >= 11 is 0. The highest BCUT2D eigenvalue weighted by molar-refractivity contribution is 5.88. The fraction of sp³-hybridized carbons (Fsp3) is 0.462. The van der Waals surface area contributed by atoms with E-state index in [4.69, 9.17) is 4.74 Å². The molecule has 0 N–H and O–H groups in total. The maximum atomic E-state index is 13.0. The van der Waals surface area contributed by atoms with E-state index in [0.29, 0.717) is 12.2 Å². The van der Waals surface area contributed by atoms with Crippen molar-refractivity contribution in [2.45, 2.75) is 32.8 Å². The minimum Gasteiger partial charge on any atom is -0.368 e. The molecule has 0 atom stereocenters. The standard InChI is InChI=1S/C13H16F2O2/c1-4-17-13(2,3)12(16)8-9-5-6-10(14)11(15)7-9/h5-7H,4,8H2,1-3H3. The monoisotopic (exact) mass is 242 g/mol. The van der Waals surface area contributed by atoms with Gasteiger partial charge in [-0.1, -0.05) is 6.07 Å². The topological polar surface area (TPSA) is 26.3 Å². The third kappa shape index (κ3) is 3.60. The van der Waals surface area contributed by atoms with Crippen molar-refractivity contribution < 1.29 is 18.3 Å². The Labute approximate surface area is 99.6 Å². The summed E-state index contributed by atoms with van der Waals surface area (Å²) in [5.74, 6) is -2.01. The van der Waals surface area contributed by atoms with Gasteiger partial charge in [0, 0.05) is 13.0 Å². The minimum atomic E-state index is -0.940. The van der Waals surface area contributed by atoms with Crippen molar-refractivity contribution in [2.24, 2.45) is 0 Å². The molecule has 0 saturated heterocycles. The number of carbonyl (C=O) groups is 1. The number of hydrogen-bond acceptors (Lipinski definition) is 2. The molecule has 1 aromatic carbocycles. The molecule has 4 heteroatoms. The van der Waals surface area contributed by atoms with E-state index in [9.17, 15) is 13.6 Å². The summed E-state index contributed by atoms with van der Waals surface area (Å²) in [6, 6.07) is 3.46. The van der Waals surface area contributed by atoms with Gasteiger partial charge in [0.2, 0.25) is 0 Å². The molecular formula is C13H16F2O2. The van der Waals surface area contributed by atoms with E-state index in [1.54, 1.807) is 20.8 Å². The van der Waals surface area contributed by atoms with Crippen molar-refractivity contribution in [3.63, 3.8) is 0 Å². The highest BCUT2D eigenvalue weighted by Crippen LogP contribution is 2.16. The number of ketones is 1. The SMILES string of the molecule is CCOC(C)(C)C(=O)Cc1ccc(F)c(F)c1. The second-order valence-electron chi connectivity index (χ2n) is 4.29. The predicted octanol–water partition coefficient (Wildman–Crippen LogP) is 2.89.